The molecule has 0 amide bonds. The van der Waals surface area contributed by atoms with Crippen molar-refractivity contribution >= 4 is 27.7 Å². The molecule has 2 N–H and O–H groups in total. The molecule has 128 valence electrons. The number of benzene rings is 1. The third kappa shape index (κ3) is 3.36. The number of rotatable bonds is 4. The third-order valence-corrected chi connectivity index (χ3v) is 4.24. The molecule has 0 fully saturated rings. The number of hydrogen-bond donors (Lipinski definition) is 1. The van der Waals surface area contributed by atoms with E-state index in [1.54, 1.807) is 13.8 Å². The molecule has 0 aromatic heterocycles. The Morgan fingerprint density at radius 3 is 2.58 bits per heavy atom. The Bertz CT molecular complexity index is 770. The Labute approximate surface area is 147 Å². The highest BCUT2D eigenvalue weighted by molar-refractivity contribution is 9.10. The van der Waals surface area contributed by atoms with E-state index in [2.05, 4.69) is 15.9 Å². The van der Waals surface area contributed by atoms with Gasteiger partial charge in [-0.3, -0.25) is 4.79 Å². The summed E-state index contributed by atoms with van der Waals surface area (Å²) in [7, 11) is 0. The monoisotopic (exact) mass is 397 g/mol. The van der Waals surface area contributed by atoms with Crippen LogP contribution < -0.4 is 5.73 Å². The number of carbonyl (C=O) groups is 2. The lowest BCUT2D eigenvalue weighted by atomic mass is 9.81. The highest BCUT2D eigenvalue weighted by Gasteiger charge is 2.38. The molecule has 1 atom stereocenters. The maximum Gasteiger partial charge on any atom is 0.340 e. The van der Waals surface area contributed by atoms with Crippen molar-refractivity contribution in [1.29, 1.82) is 0 Å². The van der Waals surface area contributed by atoms with Gasteiger partial charge in [0.15, 0.2) is 5.78 Å². The number of halogens is 2. The number of carbonyl (C=O) groups excluding carboxylic acids is 2. The summed E-state index contributed by atoms with van der Waals surface area (Å²) in [5.41, 5.74) is 6.73. The lowest BCUT2D eigenvalue weighted by molar-refractivity contribution is -0.139. The number of hydrogen-bond acceptors (Lipinski definition) is 5. The highest BCUT2D eigenvalue weighted by atomic mass is 79.9. The molecule has 7 heteroatoms. The summed E-state index contributed by atoms with van der Waals surface area (Å²) in [5, 5.41) is 0. The smallest absolute Gasteiger partial charge is 0.340 e. The Hall–Kier alpha value is -2.15. The van der Waals surface area contributed by atoms with Gasteiger partial charge in [0.25, 0.3) is 0 Å². The maximum atomic E-state index is 13.6. The number of nitrogens with two attached hydrogens (primary N) is 1. The molecule has 0 radical (unpaired) electrons. The molecule has 1 heterocycles. The minimum atomic E-state index is -0.785. The number of esters is 1. The van der Waals surface area contributed by atoms with Gasteiger partial charge >= 0.3 is 5.97 Å². The zero-order valence-electron chi connectivity index (χ0n) is 13.5. The molecular formula is C17H17BrFNO4. The Balaban J connectivity index is 2.68. The topological polar surface area (TPSA) is 78.6 Å². The summed E-state index contributed by atoms with van der Waals surface area (Å²) < 4.78 is 24.2. The van der Waals surface area contributed by atoms with Crippen LogP contribution in [-0.2, 0) is 19.1 Å². The van der Waals surface area contributed by atoms with E-state index >= 15 is 0 Å². The standard InChI is InChI=1S/C17H17BrFNO4/c1-4-23-17(22)15-14(10-5-6-12(19)11(18)7-10)13(8(2)21)9(3)24-16(15)20/h5-7,14H,4,20H2,1-3H3/t14-/m0/s1. The molecule has 0 aliphatic carbocycles. The zero-order valence-corrected chi connectivity index (χ0v) is 15.1. The van der Waals surface area contributed by atoms with Crippen LogP contribution in [0.1, 0.15) is 32.3 Å². The van der Waals surface area contributed by atoms with E-state index in [9.17, 15) is 14.0 Å². The van der Waals surface area contributed by atoms with Crippen LogP contribution in [0, 0.1) is 5.82 Å². The molecular weight excluding hydrogens is 381 g/mol. The minimum Gasteiger partial charge on any atom is -0.462 e. The van der Waals surface area contributed by atoms with E-state index in [1.165, 1.54) is 25.1 Å². The van der Waals surface area contributed by atoms with Crippen molar-refractivity contribution in [2.75, 3.05) is 6.61 Å². The molecule has 1 aliphatic heterocycles. The van der Waals surface area contributed by atoms with Gasteiger partial charge in [-0.25, -0.2) is 9.18 Å². The van der Waals surface area contributed by atoms with Crippen molar-refractivity contribution in [1.82, 2.24) is 0 Å². The molecule has 0 bridgehead atoms. The Morgan fingerprint density at radius 1 is 1.38 bits per heavy atom. The predicted octanol–water partition coefficient (Wildman–Crippen LogP) is 3.30. The van der Waals surface area contributed by atoms with Crippen molar-refractivity contribution in [3.05, 3.63) is 56.8 Å². The first-order valence-electron chi connectivity index (χ1n) is 7.29. The van der Waals surface area contributed by atoms with Crippen molar-refractivity contribution < 1.29 is 23.5 Å². The van der Waals surface area contributed by atoms with Gasteiger partial charge in [0.05, 0.1) is 17.0 Å². The molecule has 1 aromatic carbocycles. The second kappa shape index (κ2) is 7.17. The summed E-state index contributed by atoms with van der Waals surface area (Å²) in [6, 6.07) is 4.26. The SMILES string of the molecule is CCOC(=O)C1=C(N)OC(C)=C(C(C)=O)[C@@H]1c1ccc(F)c(Br)c1. The largest absolute Gasteiger partial charge is 0.462 e. The third-order valence-electron chi connectivity index (χ3n) is 3.64. The fourth-order valence-corrected chi connectivity index (χ4v) is 3.06. The van der Waals surface area contributed by atoms with E-state index in [1.807, 2.05) is 0 Å². The van der Waals surface area contributed by atoms with Gasteiger partial charge in [-0.05, 0) is 54.4 Å². The first-order valence-corrected chi connectivity index (χ1v) is 8.08. The average molecular weight is 398 g/mol. The fourth-order valence-electron chi connectivity index (χ4n) is 2.67. The first kappa shape index (κ1) is 18.2. The van der Waals surface area contributed by atoms with Crippen LogP contribution in [-0.4, -0.2) is 18.4 Å². The fraction of sp³-hybridized carbons (Fsp3) is 0.294. The van der Waals surface area contributed by atoms with E-state index in [0.717, 1.165) is 0 Å². The minimum absolute atomic E-state index is 0.0335. The lowest BCUT2D eigenvalue weighted by Gasteiger charge is -2.28. The van der Waals surface area contributed by atoms with Crippen molar-refractivity contribution in [2.24, 2.45) is 5.73 Å². The second-order valence-electron chi connectivity index (χ2n) is 5.23. The number of allylic oxidation sites excluding steroid dienone is 2. The zero-order chi connectivity index (χ0) is 18.0. The Kier molecular flexibility index (Phi) is 5.43. The van der Waals surface area contributed by atoms with Crippen molar-refractivity contribution in [2.45, 2.75) is 26.7 Å². The summed E-state index contributed by atoms with van der Waals surface area (Å²) in [4.78, 5) is 24.5. The molecule has 1 aliphatic rings. The molecule has 2 rings (SSSR count). The van der Waals surface area contributed by atoms with Crippen LogP contribution in [0.25, 0.3) is 0 Å². The molecule has 0 saturated carbocycles. The number of Topliss-reactive ketones (excluding diaryl/α,β-unsaturated/α-hetero) is 1. The summed E-state index contributed by atoms with van der Waals surface area (Å²) in [6.45, 7) is 4.78. The Morgan fingerprint density at radius 2 is 2.04 bits per heavy atom. The van der Waals surface area contributed by atoms with Crippen molar-refractivity contribution in [3.8, 4) is 0 Å². The van der Waals surface area contributed by atoms with Gasteiger partial charge in [0.1, 0.15) is 17.1 Å². The van der Waals surface area contributed by atoms with Gasteiger partial charge in [-0.1, -0.05) is 6.07 Å². The number of ether oxygens (including phenoxy) is 2. The van der Waals surface area contributed by atoms with Crippen LogP contribution in [0.3, 0.4) is 0 Å². The summed E-state index contributed by atoms with van der Waals surface area (Å²) in [5.74, 6) is -2.00. The van der Waals surface area contributed by atoms with Crippen LogP contribution in [0.15, 0.2) is 45.5 Å². The average Bonchev–Trinajstić information content (AvgIpc) is 2.48. The van der Waals surface area contributed by atoms with E-state index in [4.69, 9.17) is 15.2 Å². The molecule has 24 heavy (non-hydrogen) atoms. The van der Waals surface area contributed by atoms with Gasteiger partial charge < -0.3 is 15.2 Å². The molecule has 0 spiro atoms. The van der Waals surface area contributed by atoms with Gasteiger partial charge in [0, 0.05) is 5.57 Å². The lowest BCUT2D eigenvalue weighted by Crippen LogP contribution is -2.28. The molecule has 0 unspecified atom stereocenters. The summed E-state index contributed by atoms with van der Waals surface area (Å²) >= 11 is 3.12. The van der Waals surface area contributed by atoms with Crippen LogP contribution >= 0.6 is 15.9 Å². The number of ketones is 1. The maximum absolute atomic E-state index is 13.6. The van der Waals surface area contributed by atoms with Crippen LogP contribution in [0.4, 0.5) is 4.39 Å². The first-order chi connectivity index (χ1) is 11.3. The molecule has 1 aromatic rings. The molecule has 0 saturated heterocycles. The van der Waals surface area contributed by atoms with Gasteiger partial charge in [0.2, 0.25) is 5.88 Å². The van der Waals surface area contributed by atoms with E-state index in [-0.39, 0.29) is 33.9 Å². The second-order valence-corrected chi connectivity index (χ2v) is 6.09. The highest BCUT2D eigenvalue weighted by Crippen LogP contribution is 2.41. The van der Waals surface area contributed by atoms with Crippen molar-refractivity contribution in [3.63, 3.8) is 0 Å². The van der Waals surface area contributed by atoms with E-state index < -0.39 is 17.7 Å². The van der Waals surface area contributed by atoms with Crippen LogP contribution in [0.2, 0.25) is 0 Å². The normalized spacial score (nSPS) is 17.6. The molecule has 5 nitrogen and oxygen atoms in total. The van der Waals surface area contributed by atoms with E-state index in [0.29, 0.717) is 11.3 Å². The quantitative estimate of drug-likeness (QED) is 0.788. The summed E-state index contributed by atoms with van der Waals surface area (Å²) in [6.07, 6.45) is 0. The van der Waals surface area contributed by atoms with Crippen LogP contribution in [0.5, 0.6) is 0 Å². The van der Waals surface area contributed by atoms with Gasteiger partial charge in [-0.15, -0.1) is 0 Å². The predicted molar refractivity (Wildman–Crippen MR) is 89.2 cm³/mol. The van der Waals surface area contributed by atoms with Gasteiger partial charge in [-0.2, -0.15) is 0 Å².